The van der Waals surface area contributed by atoms with Crippen molar-refractivity contribution in [3.8, 4) is 5.75 Å². The first-order valence-corrected chi connectivity index (χ1v) is 15.9. The molecule has 0 radical (unpaired) electrons. The lowest BCUT2D eigenvalue weighted by Crippen LogP contribution is -2.60. The van der Waals surface area contributed by atoms with Crippen LogP contribution in [0.4, 0.5) is 0 Å². The van der Waals surface area contributed by atoms with Gasteiger partial charge in [-0.25, -0.2) is 9.78 Å². The van der Waals surface area contributed by atoms with Gasteiger partial charge in [-0.3, -0.25) is 24.0 Å². The van der Waals surface area contributed by atoms with Crippen LogP contribution in [0, 0.1) is 0 Å². The number of carboxylic acids is 1. The number of likely N-dealkylation sites (tertiary alicyclic amines) is 2. The van der Waals surface area contributed by atoms with Crippen LogP contribution in [0.1, 0.15) is 36.9 Å². The van der Waals surface area contributed by atoms with Gasteiger partial charge in [-0.05, 0) is 43.4 Å². The molecule has 2 aromatic rings. The van der Waals surface area contributed by atoms with Gasteiger partial charge in [0.25, 0.3) is 0 Å². The molecule has 6 atom stereocenters. The summed E-state index contributed by atoms with van der Waals surface area (Å²) in [5.74, 6) is -5.06. The molecule has 0 bridgehead atoms. The number of phenolic OH excluding ortho intramolecular Hbond substituents is 1. The number of H-pyrrole nitrogens is 1. The normalized spacial score (nSPS) is 19.8. The first-order valence-electron chi connectivity index (χ1n) is 15.9. The monoisotopic (exact) mass is 686 g/mol. The Labute approximate surface area is 281 Å². The number of imidazole rings is 1. The highest BCUT2D eigenvalue weighted by molar-refractivity contribution is 5.97. The van der Waals surface area contributed by atoms with Gasteiger partial charge >= 0.3 is 5.97 Å². The first-order chi connectivity index (χ1) is 23.4. The lowest BCUT2D eigenvalue weighted by molar-refractivity contribution is -0.152. The quantitative estimate of drug-likeness (QED) is 0.0893. The number of aromatic nitrogens is 2. The number of benzene rings is 1. The number of carboxylic acid groups (broad SMARTS) is 1. The number of hydrogen-bond acceptors (Lipinski definition) is 11. The highest BCUT2D eigenvalue weighted by Gasteiger charge is 2.43. The van der Waals surface area contributed by atoms with Crippen LogP contribution < -0.4 is 21.7 Å². The SMILES string of the molecule is N[C@@H](Cc1cnc[nH]1)C(=O)N[C@@H](Cc1ccc(O)cc1)C(=O)N[C@@H](CO)C(=O)N[C@@H](CO)C(=O)N1CCC[C@H]1C(=O)N1CCC[C@H]1C(=O)O. The third kappa shape index (κ3) is 9.30. The van der Waals surface area contributed by atoms with Crippen molar-refractivity contribution in [2.45, 2.75) is 74.8 Å². The molecule has 18 nitrogen and oxygen atoms in total. The third-order valence-electron chi connectivity index (χ3n) is 8.60. The van der Waals surface area contributed by atoms with Crippen molar-refractivity contribution in [1.82, 2.24) is 35.7 Å². The molecule has 266 valence electrons. The number of carbonyl (C=O) groups is 6. The fraction of sp³-hybridized carbons (Fsp3) is 0.516. The molecule has 0 spiro atoms. The minimum absolute atomic E-state index is 0.0227. The molecular formula is C31H42N8O10. The van der Waals surface area contributed by atoms with Gasteiger partial charge in [0.1, 0.15) is 36.0 Å². The van der Waals surface area contributed by atoms with E-state index in [0.29, 0.717) is 30.5 Å². The Hall–Kier alpha value is -5.07. The minimum Gasteiger partial charge on any atom is -0.508 e. The van der Waals surface area contributed by atoms with E-state index in [2.05, 4.69) is 25.9 Å². The summed E-state index contributed by atoms with van der Waals surface area (Å²) in [5.41, 5.74) is 7.16. The summed E-state index contributed by atoms with van der Waals surface area (Å²) in [6.07, 6.45) is 4.42. The number of carbonyl (C=O) groups excluding carboxylic acids is 5. The number of aliphatic hydroxyl groups is 2. The van der Waals surface area contributed by atoms with Gasteiger partial charge in [0, 0.05) is 37.8 Å². The number of nitrogens with one attached hydrogen (secondary N) is 4. The lowest BCUT2D eigenvalue weighted by atomic mass is 10.0. The van der Waals surface area contributed by atoms with Gasteiger partial charge < -0.3 is 56.9 Å². The molecule has 5 amide bonds. The second-order valence-electron chi connectivity index (χ2n) is 12.0. The van der Waals surface area contributed by atoms with Crippen LogP contribution in [-0.4, -0.2) is 138 Å². The molecule has 0 unspecified atom stereocenters. The minimum atomic E-state index is -1.62. The summed E-state index contributed by atoms with van der Waals surface area (Å²) in [5, 5.41) is 46.4. The fourth-order valence-corrected chi connectivity index (χ4v) is 5.97. The van der Waals surface area contributed by atoms with E-state index in [9.17, 15) is 49.2 Å². The van der Waals surface area contributed by atoms with Crippen LogP contribution in [0.25, 0.3) is 0 Å². The van der Waals surface area contributed by atoms with Crippen LogP contribution in [0.5, 0.6) is 5.75 Å². The topological polar surface area (TPSA) is 281 Å². The van der Waals surface area contributed by atoms with Crippen LogP contribution in [0.3, 0.4) is 0 Å². The molecule has 1 aromatic heterocycles. The lowest BCUT2D eigenvalue weighted by Gasteiger charge is -2.32. The molecule has 2 fully saturated rings. The van der Waals surface area contributed by atoms with Gasteiger partial charge in [0.05, 0.1) is 25.6 Å². The number of aliphatic hydroxyl groups excluding tert-OH is 2. The van der Waals surface area contributed by atoms with Crippen molar-refractivity contribution in [1.29, 1.82) is 0 Å². The molecule has 2 saturated heterocycles. The largest absolute Gasteiger partial charge is 0.508 e. The molecule has 0 saturated carbocycles. The maximum Gasteiger partial charge on any atom is 0.326 e. The van der Waals surface area contributed by atoms with E-state index in [4.69, 9.17) is 5.73 Å². The van der Waals surface area contributed by atoms with E-state index in [0.717, 1.165) is 0 Å². The fourth-order valence-electron chi connectivity index (χ4n) is 5.97. The second-order valence-corrected chi connectivity index (χ2v) is 12.0. The number of aromatic hydroxyl groups is 1. The molecule has 10 N–H and O–H groups in total. The average molecular weight is 687 g/mol. The standard InChI is InChI=1S/C31H42N8O10/c32-20(12-18-13-33-16-34-18)26(43)35-21(11-17-5-7-19(42)8-6-17)27(44)36-22(14-40)28(45)37-23(15-41)29(46)38-9-1-3-24(38)30(47)39-10-2-4-25(39)31(48)49/h5-8,13,16,20-25,40-42H,1-4,9-12,14-15,32H2,(H,33,34)(H,35,43)(H,36,44)(H,37,45)(H,48,49)/t20-,21-,22-,23-,24-,25-/m0/s1. The van der Waals surface area contributed by atoms with Crippen molar-refractivity contribution in [2.24, 2.45) is 5.73 Å². The van der Waals surface area contributed by atoms with Crippen molar-refractivity contribution in [3.05, 3.63) is 48.0 Å². The van der Waals surface area contributed by atoms with Crippen molar-refractivity contribution >= 4 is 35.5 Å². The molecule has 4 rings (SSSR count). The Morgan fingerprint density at radius 1 is 0.837 bits per heavy atom. The van der Waals surface area contributed by atoms with Crippen LogP contribution in [0.2, 0.25) is 0 Å². The number of aliphatic carboxylic acids is 1. The van der Waals surface area contributed by atoms with Crippen molar-refractivity contribution < 1.29 is 49.2 Å². The predicted octanol–water partition coefficient (Wildman–Crippen LogP) is -3.27. The van der Waals surface area contributed by atoms with Gasteiger partial charge in [-0.2, -0.15) is 0 Å². The Balaban J connectivity index is 1.42. The second kappa shape index (κ2) is 16.8. The third-order valence-corrected chi connectivity index (χ3v) is 8.60. The van der Waals surface area contributed by atoms with Gasteiger partial charge in [-0.15, -0.1) is 0 Å². The number of phenols is 1. The molecule has 2 aliphatic rings. The molecular weight excluding hydrogens is 644 g/mol. The van der Waals surface area contributed by atoms with E-state index in [1.807, 2.05) is 0 Å². The zero-order valence-corrected chi connectivity index (χ0v) is 26.7. The zero-order chi connectivity index (χ0) is 35.7. The molecule has 3 heterocycles. The number of amides is 5. The first kappa shape index (κ1) is 36.8. The van der Waals surface area contributed by atoms with E-state index < -0.39 is 85.0 Å². The highest BCUT2D eigenvalue weighted by atomic mass is 16.4. The van der Waals surface area contributed by atoms with Crippen LogP contribution in [0.15, 0.2) is 36.8 Å². The highest BCUT2D eigenvalue weighted by Crippen LogP contribution is 2.25. The predicted molar refractivity (Wildman–Crippen MR) is 169 cm³/mol. The molecule has 0 aliphatic carbocycles. The smallest absolute Gasteiger partial charge is 0.326 e. The van der Waals surface area contributed by atoms with E-state index in [1.54, 1.807) is 0 Å². The molecule has 2 aliphatic heterocycles. The number of aromatic amines is 1. The van der Waals surface area contributed by atoms with Crippen molar-refractivity contribution in [2.75, 3.05) is 26.3 Å². The summed E-state index contributed by atoms with van der Waals surface area (Å²) in [6, 6.07) is -1.68. The van der Waals surface area contributed by atoms with Gasteiger partial charge in [0.2, 0.25) is 29.5 Å². The molecule has 49 heavy (non-hydrogen) atoms. The number of nitrogens with zero attached hydrogens (tertiary/aromatic N) is 3. The number of nitrogens with two attached hydrogens (primary N) is 1. The van der Waals surface area contributed by atoms with Gasteiger partial charge in [0.15, 0.2) is 0 Å². The Morgan fingerprint density at radius 3 is 2.04 bits per heavy atom. The average Bonchev–Trinajstić information content (AvgIpc) is 3.88. The summed E-state index contributed by atoms with van der Waals surface area (Å²) in [4.78, 5) is 87.1. The van der Waals surface area contributed by atoms with Gasteiger partial charge in [-0.1, -0.05) is 12.1 Å². The zero-order valence-electron chi connectivity index (χ0n) is 26.7. The number of rotatable bonds is 15. The number of hydrogen-bond donors (Lipinski definition) is 9. The Kier molecular flexibility index (Phi) is 12.6. The van der Waals surface area contributed by atoms with E-state index in [-0.39, 0.29) is 38.1 Å². The van der Waals surface area contributed by atoms with Crippen LogP contribution >= 0.6 is 0 Å². The Bertz CT molecular complexity index is 1490. The Morgan fingerprint density at radius 2 is 1.43 bits per heavy atom. The van der Waals surface area contributed by atoms with Crippen LogP contribution in [-0.2, 0) is 41.6 Å². The molecule has 1 aromatic carbocycles. The summed E-state index contributed by atoms with van der Waals surface area (Å²) < 4.78 is 0. The maximum absolute atomic E-state index is 13.5. The maximum atomic E-state index is 13.5. The van der Waals surface area contributed by atoms with E-state index in [1.165, 1.54) is 46.6 Å². The summed E-state index contributed by atoms with van der Waals surface area (Å²) in [7, 11) is 0. The van der Waals surface area contributed by atoms with E-state index >= 15 is 0 Å². The summed E-state index contributed by atoms with van der Waals surface area (Å²) in [6.45, 7) is -1.42. The van der Waals surface area contributed by atoms with Crippen molar-refractivity contribution in [3.63, 3.8) is 0 Å². The summed E-state index contributed by atoms with van der Waals surface area (Å²) >= 11 is 0. The molecule has 18 heteroatoms.